The summed E-state index contributed by atoms with van der Waals surface area (Å²) >= 11 is 0. The maximum atomic E-state index is 11.9. The summed E-state index contributed by atoms with van der Waals surface area (Å²) in [6.45, 7) is 3.34. The summed E-state index contributed by atoms with van der Waals surface area (Å²) in [4.78, 5) is 34.9. The molecule has 1 heterocycles. The molecule has 0 saturated carbocycles. The van der Waals surface area contributed by atoms with E-state index in [1.807, 2.05) is 0 Å². The molecule has 1 rings (SSSR count). The van der Waals surface area contributed by atoms with Crippen LogP contribution in [0.3, 0.4) is 0 Å². The van der Waals surface area contributed by atoms with Crippen LogP contribution >= 0.6 is 0 Å². The molecule has 0 aromatic rings. The van der Waals surface area contributed by atoms with Crippen LogP contribution in [0.25, 0.3) is 0 Å². The second-order valence-corrected chi connectivity index (χ2v) is 3.59. The Labute approximate surface area is 93.9 Å². The van der Waals surface area contributed by atoms with Crippen LogP contribution in [0.5, 0.6) is 0 Å². The van der Waals surface area contributed by atoms with Crippen molar-refractivity contribution in [1.29, 1.82) is 0 Å². The van der Waals surface area contributed by atoms with E-state index in [-0.39, 0.29) is 18.2 Å². The minimum atomic E-state index is -0.743. The molecule has 0 aromatic carbocycles. The number of carbonyl (C=O) groups is 3. The lowest BCUT2D eigenvalue weighted by molar-refractivity contribution is -0.140. The molecule has 6 heteroatoms. The fraction of sp³-hybridized carbons (Fsp3) is 0.700. The maximum absolute atomic E-state index is 11.9. The van der Waals surface area contributed by atoms with Crippen LogP contribution in [-0.4, -0.2) is 55.3 Å². The lowest BCUT2D eigenvalue weighted by Crippen LogP contribution is -2.51. The summed E-state index contributed by atoms with van der Waals surface area (Å²) in [6.07, 6.45) is 0.648. The van der Waals surface area contributed by atoms with Gasteiger partial charge in [-0.15, -0.1) is 0 Å². The number of aldehydes is 1. The Kier molecular flexibility index (Phi) is 4.91. The van der Waals surface area contributed by atoms with Crippen LogP contribution in [0.1, 0.15) is 13.3 Å². The Morgan fingerprint density at radius 3 is 2.56 bits per heavy atom. The molecule has 0 aliphatic carbocycles. The van der Waals surface area contributed by atoms with Gasteiger partial charge in [-0.25, -0.2) is 0 Å². The van der Waals surface area contributed by atoms with Crippen molar-refractivity contribution in [2.24, 2.45) is 0 Å². The highest BCUT2D eigenvalue weighted by Gasteiger charge is 2.25. The summed E-state index contributed by atoms with van der Waals surface area (Å²) in [5.74, 6) is -0.529. The van der Waals surface area contributed by atoms with Crippen molar-refractivity contribution >= 4 is 18.1 Å². The van der Waals surface area contributed by atoms with Crippen molar-refractivity contribution in [3.63, 3.8) is 0 Å². The van der Waals surface area contributed by atoms with Crippen LogP contribution in [0.4, 0.5) is 0 Å². The summed E-state index contributed by atoms with van der Waals surface area (Å²) < 4.78 is 5.12. The quantitative estimate of drug-likeness (QED) is 0.622. The third-order valence-electron chi connectivity index (χ3n) is 2.33. The van der Waals surface area contributed by atoms with Crippen molar-refractivity contribution in [2.75, 3.05) is 26.3 Å². The molecule has 1 unspecified atom stereocenters. The summed E-state index contributed by atoms with van der Waals surface area (Å²) in [7, 11) is 0. The summed E-state index contributed by atoms with van der Waals surface area (Å²) in [5, 5.41) is 2.48. The summed E-state index contributed by atoms with van der Waals surface area (Å²) in [6, 6.07) is -0.743. The zero-order chi connectivity index (χ0) is 12.0. The van der Waals surface area contributed by atoms with Gasteiger partial charge in [-0.3, -0.25) is 9.59 Å². The highest BCUT2D eigenvalue weighted by molar-refractivity contribution is 5.88. The largest absolute Gasteiger partial charge is 0.378 e. The molecule has 1 N–H and O–H groups in total. The first kappa shape index (κ1) is 12.6. The smallest absolute Gasteiger partial charge is 0.245 e. The Morgan fingerprint density at radius 1 is 1.44 bits per heavy atom. The zero-order valence-corrected chi connectivity index (χ0v) is 9.27. The molecule has 90 valence electrons. The number of nitrogens with one attached hydrogen (secondary N) is 1. The van der Waals surface area contributed by atoms with E-state index in [1.165, 1.54) is 6.92 Å². The second-order valence-electron chi connectivity index (χ2n) is 3.59. The van der Waals surface area contributed by atoms with Gasteiger partial charge in [-0.05, 0) is 0 Å². The fourth-order valence-corrected chi connectivity index (χ4v) is 1.57. The number of rotatable bonds is 4. The van der Waals surface area contributed by atoms with Gasteiger partial charge in [-0.1, -0.05) is 0 Å². The van der Waals surface area contributed by atoms with Gasteiger partial charge in [0.2, 0.25) is 11.8 Å². The third-order valence-corrected chi connectivity index (χ3v) is 2.33. The molecular formula is C10H16N2O4. The average Bonchev–Trinajstić information content (AvgIpc) is 2.28. The van der Waals surface area contributed by atoms with Gasteiger partial charge in [0, 0.05) is 26.4 Å². The van der Waals surface area contributed by atoms with Crippen molar-refractivity contribution in [1.82, 2.24) is 10.2 Å². The SMILES string of the molecule is CC(=O)NC(CC=O)C(=O)N1CCOCC1. The van der Waals surface area contributed by atoms with E-state index >= 15 is 0 Å². The molecule has 0 aromatic heterocycles. The number of ether oxygens (including phenoxy) is 1. The molecule has 1 saturated heterocycles. The number of carbonyl (C=O) groups excluding carboxylic acids is 3. The molecule has 1 aliphatic heterocycles. The average molecular weight is 228 g/mol. The van der Waals surface area contributed by atoms with Gasteiger partial charge in [0.25, 0.3) is 0 Å². The molecule has 16 heavy (non-hydrogen) atoms. The molecule has 0 spiro atoms. The predicted molar refractivity (Wildman–Crippen MR) is 55.7 cm³/mol. The molecule has 1 aliphatic rings. The number of morpholine rings is 1. The molecule has 0 radical (unpaired) electrons. The van der Waals surface area contributed by atoms with E-state index < -0.39 is 6.04 Å². The van der Waals surface area contributed by atoms with Gasteiger partial charge in [0.1, 0.15) is 12.3 Å². The molecule has 1 fully saturated rings. The highest BCUT2D eigenvalue weighted by atomic mass is 16.5. The van der Waals surface area contributed by atoms with Crippen LogP contribution in [-0.2, 0) is 19.1 Å². The fourth-order valence-electron chi connectivity index (χ4n) is 1.57. The van der Waals surface area contributed by atoms with Crippen molar-refractivity contribution in [3.8, 4) is 0 Å². The van der Waals surface area contributed by atoms with Crippen LogP contribution in [0.2, 0.25) is 0 Å². The van der Waals surface area contributed by atoms with Crippen molar-refractivity contribution in [2.45, 2.75) is 19.4 Å². The first-order chi connectivity index (χ1) is 7.65. The Balaban J connectivity index is 2.57. The van der Waals surface area contributed by atoms with E-state index in [1.54, 1.807) is 4.90 Å². The number of amides is 2. The Hall–Kier alpha value is -1.43. The van der Waals surface area contributed by atoms with Crippen molar-refractivity contribution < 1.29 is 19.1 Å². The van der Waals surface area contributed by atoms with Gasteiger partial charge in [0.15, 0.2) is 0 Å². The van der Waals surface area contributed by atoms with E-state index in [0.29, 0.717) is 32.6 Å². The van der Waals surface area contributed by atoms with Gasteiger partial charge < -0.3 is 19.7 Å². The van der Waals surface area contributed by atoms with Gasteiger partial charge >= 0.3 is 0 Å². The maximum Gasteiger partial charge on any atom is 0.245 e. The molecular weight excluding hydrogens is 212 g/mol. The van der Waals surface area contributed by atoms with Gasteiger partial charge in [-0.2, -0.15) is 0 Å². The molecule has 6 nitrogen and oxygen atoms in total. The zero-order valence-electron chi connectivity index (χ0n) is 9.27. The molecule has 2 amide bonds. The van der Waals surface area contributed by atoms with E-state index in [2.05, 4.69) is 5.32 Å². The lowest BCUT2D eigenvalue weighted by atomic mass is 10.2. The predicted octanol–water partition coefficient (Wildman–Crippen LogP) is -1.06. The van der Waals surface area contributed by atoms with E-state index in [9.17, 15) is 14.4 Å². The normalized spacial score (nSPS) is 17.7. The molecule has 0 bridgehead atoms. The highest BCUT2D eigenvalue weighted by Crippen LogP contribution is 2.02. The number of hydrogen-bond donors (Lipinski definition) is 1. The molecule has 1 atom stereocenters. The monoisotopic (exact) mass is 228 g/mol. The third kappa shape index (κ3) is 3.62. The minimum Gasteiger partial charge on any atom is -0.378 e. The van der Waals surface area contributed by atoms with Crippen LogP contribution in [0.15, 0.2) is 0 Å². The van der Waals surface area contributed by atoms with E-state index in [4.69, 9.17) is 4.74 Å². The second kappa shape index (κ2) is 6.22. The van der Waals surface area contributed by atoms with Crippen LogP contribution < -0.4 is 5.32 Å². The first-order valence-electron chi connectivity index (χ1n) is 5.22. The number of nitrogens with zero attached hydrogens (tertiary/aromatic N) is 1. The Bertz CT molecular complexity index is 274. The minimum absolute atomic E-state index is 0.00969. The van der Waals surface area contributed by atoms with Crippen molar-refractivity contribution in [3.05, 3.63) is 0 Å². The first-order valence-corrected chi connectivity index (χ1v) is 5.22. The van der Waals surface area contributed by atoms with Gasteiger partial charge in [0.05, 0.1) is 13.2 Å². The van der Waals surface area contributed by atoms with Crippen LogP contribution in [0, 0.1) is 0 Å². The Morgan fingerprint density at radius 2 is 2.06 bits per heavy atom. The summed E-state index contributed by atoms with van der Waals surface area (Å²) in [5.41, 5.74) is 0. The number of hydrogen-bond acceptors (Lipinski definition) is 4. The lowest BCUT2D eigenvalue weighted by Gasteiger charge is -2.30. The topological polar surface area (TPSA) is 75.7 Å². The standard InChI is InChI=1S/C10H16N2O4/c1-8(14)11-9(2-5-13)10(15)12-3-6-16-7-4-12/h5,9H,2-4,6-7H2,1H3,(H,11,14). The van der Waals surface area contributed by atoms with E-state index in [0.717, 1.165) is 0 Å².